The van der Waals surface area contributed by atoms with E-state index in [1.165, 1.54) is 5.39 Å². The second kappa shape index (κ2) is 8.99. The highest BCUT2D eigenvalue weighted by molar-refractivity contribution is 6.09. The third kappa shape index (κ3) is 3.58. The first-order chi connectivity index (χ1) is 19.8. The number of pyridine rings is 1. The molecule has 0 aliphatic carbocycles. The number of hydrogen-bond acceptors (Lipinski definition) is 3. The Bertz CT molecular complexity index is 2140. The summed E-state index contributed by atoms with van der Waals surface area (Å²) in [6.45, 7) is 0. The van der Waals surface area contributed by atoms with Crippen molar-refractivity contribution in [2.75, 3.05) is 0 Å². The van der Waals surface area contributed by atoms with Gasteiger partial charge in [-0.25, -0.2) is 9.67 Å². The molecule has 0 unspecified atom stereocenters. The standard InChI is InChI=1S/C34H23N5O/c1-2-9-24(10-3-1)37-20-18-31-33(37)23-36-39(31)25-11-8-12-26(21-25)40-27-16-17-29-28-13-4-5-14-30(28)38(32(29)22-27)34-15-6-7-19-35-34/h1-23H. The van der Waals surface area contributed by atoms with Crippen LogP contribution < -0.4 is 4.74 Å². The number of rotatable bonds is 5. The molecule has 4 heterocycles. The van der Waals surface area contributed by atoms with E-state index in [-0.39, 0.29) is 0 Å². The lowest BCUT2D eigenvalue weighted by atomic mass is 10.1. The first-order valence-electron chi connectivity index (χ1n) is 13.2. The maximum absolute atomic E-state index is 6.42. The molecule has 0 atom stereocenters. The maximum Gasteiger partial charge on any atom is 0.137 e. The lowest BCUT2D eigenvalue weighted by Gasteiger charge is -2.10. The molecule has 0 saturated carbocycles. The molecule has 0 radical (unpaired) electrons. The van der Waals surface area contributed by atoms with Crippen LogP contribution in [0.25, 0.3) is 50.0 Å². The highest BCUT2D eigenvalue weighted by Gasteiger charge is 2.15. The Labute approximate surface area is 229 Å². The smallest absolute Gasteiger partial charge is 0.137 e. The quantitative estimate of drug-likeness (QED) is 0.232. The predicted octanol–water partition coefficient (Wildman–Crippen LogP) is 8.10. The second-order valence-electron chi connectivity index (χ2n) is 9.67. The molecule has 0 aliphatic rings. The summed E-state index contributed by atoms with van der Waals surface area (Å²) in [6.07, 6.45) is 5.80. The van der Waals surface area contributed by atoms with E-state index < -0.39 is 0 Å². The van der Waals surface area contributed by atoms with Crippen molar-refractivity contribution in [2.45, 2.75) is 0 Å². The summed E-state index contributed by atoms with van der Waals surface area (Å²) < 4.78 is 12.7. The molecular weight excluding hydrogens is 494 g/mol. The van der Waals surface area contributed by atoms with Gasteiger partial charge in [-0.3, -0.25) is 4.57 Å². The second-order valence-corrected chi connectivity index (χ2v) is 9.67. The van der Waals surface area contributed by atoms with Crippen molar-refractivity contribution in [1.29, 1.82) is 0 Å². The molecule has 0 saturated heterocycles. The van der Waals surface area contributed by atoms with Crippen LogP contribution in [0.15, 0.2) is 140 Å². The summed E-state index contributed by atoms with van der Waals surface area (Å²) in [6, 6.07) is 41.0. The van der Waals surface area contributed by atoms with Crippen molar-refractivity contribution in [3.63, 3.8) is 0 Å². The van der Waals surface area contributed by atoms with Gasteiger partial charge in [0.15, 0.2) is 0 Å². The van der Waals surface area contributed by atoms with Gasteiger partial charge in [-0.2, -0.15) is 5.10 Å². The van der Waals surface area contributed by atoms with E-state index in [0.29, 0.717) is 0 Å². The van der Waals surface area contributed by atoms with Gasteiger partial charge in [0.1, 0.15) is 17.3 Å². The molecule has 4 aromatic carbocycles. The van der Waals surface area contributed by atoms with Crippen molar-refractivity contribution < 1.29 is 4.74 Å². The molecule has 0 fully saturated rings. The Morgan fingerprint density at radius 2 is 1.35 bits per heavy atom. The zero-order valence-electron chi connectivity index (χ0n) is 21.4. The monoisotopic (exact) mass is 517 g/mol. The number of aromatic nitrogens is 5. The summed E-state index contributed by atoms with van der Waals surface area (Å²) in [7, 11) is 0. The summed E-state index contributed by atoms with van der Waals surface area (Å²) in [4.78, 5) is 4.63. The highest BCUT2D eigenvalue weighted by atomic mass is 16.5. The largest absolute Gasteiger partial charge is 0.457 e. The van der Waals surface area contributed by atoms with E-state index in [9.17, 15) is 0 Å². The van der Waals surface area contributed by atoms with Gasteiger partial charge in [-0.15, -0.1) is 0 Å². The first-order valence-corrected chi connectivity index (χ1v) is 13.2. The van der Waals surface area contributed by atoms with Crippen LogP contribution in [0.5, 0.6) is 11.5 Å². The zero-order chi connectivity index (χ0) is 26.5. The molecule has 0 aliphatic heterocycles. The minimum atomic E-state index is 0.739. The number of hydrogen-bond donors (Lipinski definition) is 0. The van der Waals surface area contributed by atoms with E-state index in [2.05, 4.69) is 74.9 Å². The molecule has 190 valence electrons. The fourth-order valence-corrected chi connectivity index (χ4v) is 5.50. The van der Waals surface area contributed by atoms with Crippen LogP contribution in [-0.2, 0) is 0 Å². The van der Waals surface area contributed by atoms with Gasteiger partial charge < -0.3 is 9.30 Å². The number of benzene rings is 4. The number of fused-ring (bicyclic) bond motifs is 4. The average Bonchev–Trinajstić information content (AvgIpc) is 3.70. The lowest BCUT2D eigenvalue weighted by molar-refractivity contribution is 0.483. The van der Waals surface area contributed by atoms with Crippen LogP contribution in [0.1, 0.15) is 0 Å². The summed E-state index contributed by atoms with van der Waals surface area (Å²) in [5, 5.41) is 7.04. The maximum atomic E-state index is 6.42. The van der Waals surface area contributed by atoms with Gasteiger partial charge in [0.2, 0.25) is 0 Å². The van der Waals surface area contributed by atoms with Crippen LogP contribution >= 0.6 is 0 Å². The normalized spacial score (nSPS) is 11.5. The molecule has 0 N–H and O–H groups in total. The molecule has 0 bridgehead atoms. The highest BCUT2D eigenvalue weighted by Crippen LogP contribution is 2.35. The minimum absolute atomic E-state index is 0.739. The molecule has 0 spiro atoms. The molecule has 8 rings (SSSR count). The van der Waals surface area contributed by atoms with E-state index >= 15 is 0 Å². The summed E-state index contributed by atoms with van der Waals surface area (Å²) in [5.74, 6) is 2.37. The van der Waals surface area contributed by atoms with E-state index in [0.717, 1.165) is 56.1 Å². The first kappa shape index (κ1) is 22.4. The van der Waals surface area contributed by atoms with Crippen molar-refractivity contribution in [1.82, 2.24) is 23.9 Å². The number of nitrogens with zero attached hydrogens (tertiary/aromatic N) is 5. The Kier molecular flexibility index (Phi) is 5.03. The van der Waals surface area contributed by atoms with Gasteiger partial charge in [-0.05, 0) is 60.7 Å². The van der Waals surface area contributed by atoms with E-state index in [1.54, 1.807) is 0 Å². The third-order valence-electron chi connectivity index (χ3n) is 7.28. The van der Waals surface area contributed by atoms with Crippen LogP contribution in [-0.4, -0.2) is 23.9 Å². The molecule has 8 aromatic rings. The molecular formula is C34H23N5O. The van der Waals surface area contributed by atoms with Crippen LogP contribution in [0.2, 0.25) is 0 Å². The predicted molar refractivity (Wildman–Crippen MR) is 159 cm³/mol. The van der Waals surface area contributed by atoms with Gasteiger partial charge in [0, 0.05) is 41.0 Å². The van der Waals surface area contributed by atoms with Gasteiger partial charge in [0.25, 0.3) is 0 Å². The Morgan fingerprint density at radius 1 is 0.550 bits per heavy atom. The Balaban J connectivity index is 1.18. The summed E-state index contributed by atoms with van der Waals surface area (Å²) in [5.41, 5.74) is 6.27. The van der Waals surface area contributed by atoms with Crippen LogP contribution in [0.4, 0.5) is 0 Å². The fraction of sp³-hybridized carbons (Fsp3) is 0. The van der Waals surface area contributed by atoms with E-state index in [4.69, 9.17) is 9.84 Å². The topological polar surface area (TPSA) is 49.8 Å². The number of ether oxygens (including phenoxy) is 1. The lowest BCUT2D eigenvalue weighted by Crippen LogP contribution is -1.97. The molecule has 4 aromatic heterocycles. The van der Waals surface area contributed by atoms with Crippen molar-refractivity contribution >= 4 is 32.8 Å². The number of para-hydroxylation sites is 2. The van der Waals surface area contributed by atoms with Gasteiger partial charge in [-0.1, -0.05) is 48.5 Å². The average molecular weight is 518 g/mol. The molecule has 6 heteroatoms. The van der Waals surface area contributed by atoms with Gasteiger partial charge >= 0.3 is 0 Å². The van der Waals surface area contributed by atoms with Crippen LogP contribution in [0, 0.1) is 0 Å². The SMILES string of the molecule is c1ccc(-n2ccc3c2cnn3-c2cccc(Oc3ccc4c5ccccc5n(-c5ccccn5)c4c3)c2)cc1. The van der Waals surface area contributed by atoms with E-state index in [1.807, 2.05) is 83.8 Å². The summed E-state index contributed by atoms with van der Waals surface area (Å²) >= 11 is 0. The van der Waals surface area contributed by atoms with Gasteiger partial charge in [0.05, 0.1) is 34.0 Å². The molecule has 6 nitrogen and oxygen atoms in total. The minimum Gasteiger partial charge on any atom is -0.457 e. The Hall–Kier alpha value is -5.62. The molecule has 0 amide bonds. The van der Waals surface area contributed by atoms with Crippen molar-refractivity contribution in [3.05, 3.63) is 140 Å². The third-order valence-corrected chi connectivity index (χ3v) is 7.28. The zero-order valence-corrected chi connectivity index (χ0v) is 21.4. The fourth-order valence-electron chi connectivity index (χ4n) is 5.50. The van der Waals surface area contributed by atoms with Crippen LogP contribution in [0.3, 0.4) is 0 Å². The van der Waals surface area contributed by atoms with Crippen molar-refractivity contribution in [2.24, 2.45) is 0 Å². The molecule has 40 heavy (non-hydrogen) atoms. The van der Waals surface area contributed by atoms with Crippen molar-refractivity contribution in [3.8, 4) is 28.7 Å². The Morgan fingerprint density at radius 3 is 2.25 bits per heavy atom.